The van der Waals surface area contributed by atoms with Gasteiger partial charge in [0.2, 0.25) is 0 Å². The predicted molar refractivity (Wildman–Crippen MR) is 96.7 cm³/mol. The van der Waals surface area contributed by atoms with E-state index in [2.05, 4.69) is 53.8 Å². The molecule has 3 nitrogen and oxygen atoms in total. The monoisotopic (exact) mass is 328 g/mol. The van der Waals surface area contributed by atoms with Crippen molar-refractivity contribution in [1.82, 2.24) is 0 Å². The Morgan fingerprint density at radius 1 is 1.27 bits per heavy atom. The van der Waals surface area contributed by atoms with E-state index in [-0.39, 0.29) is 17.2 Å². The second kappa shape index (κ2) is 9.63. The maximum Gasteiger partial charge on any atom is 0.191 e. The zero-order valence-corrected chi connectivity index (χ0v) is 16.7. The molecule has 4 heteroatoms. The molecule has 0 radical (unpaired) electrons. The van der Waals surface area contributed by atoms with E-state index in [1.807, 2.05) is 0 Å². The molecular weight excluding hydrogens is 292 g/mol. The average Bonchev–Trinajstić information content (AvgIpc) is 2.32. The summed E-state index contributed by atoms with van der Waals surface area (Å²) in [6.45, 7) is 15.7. The predicted octanol–water partition coefficient (Wildman–Crippen LogP) is 4.85. The molecule has 0 aromatic rings. The number of aliphatic hydroxyl groups is 1. The summed E-state index contributed by atoms with van der Waals surface area (Å²) in [5.41, 5.74) is 1.29. The van der Waals surface area contributed by atoms with Crippen LogP contribution in [-0.4, -0.2) is 31.9 Å². The van der Waals surface area contributed by atoms with Crippen LogP contribution in [0.2, 0.25) is 18.1 Å². The number of hydrogen-bond acceptors (Lipinski definition) is 3. The molecule has 0 saturated heterocycles. The Bertz CT molecular complexity index is 363. The van der Waals surface area contributed by atoms with Crippen molar-refractivity contribution >= 4 is 14.1 Å². The van der Waals surface area contributed by atoms with Crippen LogP contribution in [0.3, 0.4) is 0 Å². The summed E-state index contributed by atoms with van der Waals surface area (Å²) in [6, 6.07) is 0. The minimum Gasteiger partial charge on any atom is -0.417 e. The van der Waals surface area contributed by atoms with Crippen LogP contribution in [-0.2, 0) is 9.22 Å². The highest BCUT2D eigenvalue weighted by Gasteiger charge is 2.36. The van der Waals surface area contributed by atoms with Crippen LogP contribution in [0.1, 0.15) is 66.7 Å². The summed E-state index contributed by atoms with van der Waals surface area (Å²) in [7, 11) is -1.75. The van der Waals surface area contributed by atoms with E-state index in [1.165, 1.54) is 5.57 Å². The molecule has 22 heavy (non-hydrogen) atoms. The SMILES string of the molecule is CC(C)=CCCCC(=O)CC(O)CCO[Si](C)(C)C(C)(C)C. The van der Waals surface area contributed by atoms with Crippen LogP contribution in [0.4, 0.5) is 0 Å². The van der Waals surface area contributed by atoms with Crippen LogP contribution in [0, 0.1) is 0 Å². The van der Waals surface area contributed by atoms with Crippen LogP contribution in [0.25, 0.3) is 0 Å². The van der Waals surface area contributed by atoms with Crippen LogP contribution < -0.4 is 0 Å². The van der Waals surface area contributed by atoms with Crippen molar-refractivity contribution < 1.29 is 14.3 Å². The number of carbonyl (C=O) groups is 1. The first-order valence-corrected chi connectivity index (χ1v) is 11.3. The van der Waals surface area contributed by atoms with Gasteiger partial charge in [-0.1, -0.05) is 32.4 Å². The lowest BCUT2D eigenvalue weighted by Gasteiger charge is -2.36. The van der Waals surface area contributed by atoms with Gasteiger partial charge >= 0.3 is 0 Å². The molecule has 1 N–H and O–H groups in total. The zero-order chi connectivity index (χ0) is 17.4. The fourth-order valence-electron chi connectivity index (χ4n) is 1.82. The highest BCUT2D eigenvalue weighted by molar-refractivity contribution is 6.74. The van der Waals surface area contributed by atoms with E-state index >= 15 is 0 Å². The quantitative estimate of drug-likeness (QED) is 0.354. The first kappa shape index (κ1) is 21.5. The molecule has 0 fully saturated rings. The van der Waals surface area contributed by atoms with Gasteiger partial charge in [0.15, 0.2) is 8.32 Å². The molecule has 0 rings (SSSR count). The lowest BCUT2D eigenvalue weighted by Crippen LogP contribution is -2.41. The van der Waals surface area contributed by atoms with E-state index in [4.69, 9.17) is 4.43 Å². The third kappa shape index (κ3) is 9.54. The van der Waals surface area contributed by atoms with Gasteiger partial charge in [-0.3, -0.25) is 4.79 Å². The Morgan fingerprint density at radius 2 is 1.86 bits per heavy atom. The van der Waals surface area contributed by atoms with Crippen LogP contribution in [0.15, 0.2) is 11.6 Å². The Balaban J connectivity index is 3.92. The number of ketones is 1. The smallest absolute Gasteiger partial charge is 0.191 e. The number of aliphatic hydroxyl groups excluding tert-OH is 1. The maximum atomic E-state index is 11.8. The van der Waals surface area contributed by atoms with Crippen molar-refractivity contribution in [3.63, 3.8) is 0 Å². The molecule has 0 spiro atoms. The van der Waals surface area contributed by atoms with E-state index < -0.39 is 14.4 Å². The number of rotatable bonds is 10. The molecule has 0 aliphatic carbocycles. The molecule has 0 aromatic carbocycles. The minimum atomic E-state index is -1.75. The third-order valence-corrected chi connectivity index (χ3v) is 8.93. The summed E-state index contributed by atoms with van der Waals surface area (Å²) in [4.78, 5) is 11.8. The van der Waals surface area contributed by atoms with Gasteiger partial charge in [-0.2, -0.15) is 0 Å². The number of hydrogen-bond donors (Lipinski definition) is 1. The first-order valence-electron chi connectivity index (χ1n) is 8.43. The number of Topliss-reactive ketones (excluding diaryl/α,β-unsaturated/α-hetero) is 1. The highest BCUT2D eigenvalue weighted by atomic mass is 28.4. The Morgan fingerprint density at radius 3 is 2.36 bits per heavy atom. The maximum absolute atomic E-state index is 11.8. The molecule has 0 aliphatic rings. The normalized spacial score (nSPS) is 13.8. The molecule has 1 unspecified atom stereocenters. The lowest BCUT2D eigenvalue weighted by molar-refractivity contribution is -0.121. The van der Waals surface area contributed by atoms with Gasteiger partial charge in [0.25, 0.3) is 0 Å². The molecule has 0 amide bonds. The van der Waals surface area contributed by atoms with Crippen molar-refractivity contribution in [2.24, 2.45) is 0 Å². The summed E-state index contributed by atoms with van der Waals surface area (Å²) in [5.74, 6) is 0.155. The van der Waals surface area contributed by atoms with Gasteiger partial charge in [0.1, 0.15) is 5.78 Å². The van der Waals surface area contributed by atoms with Gasteiger partial charge in [-0.15, -0.1) is 0 Å². The highest BCUT2D eigenvalue weighted by Crippen LogP contribution is 2.36. The second-order valence-electron chi connectivity index (χ2n) is 7.97. The Hall–Kier alpha value is -0.453. The second-order valence-corrected chi connectivity index (χ2v) is 12.8. The standard InChI is InChI=1S/C18H36O3Si/c1-15(2)10-8-9-11-16(19)14-17(20)12-13-21-22(6,7)18(3,4)5/h10,17,20H,8-9,11-14H2,1-7H3. The minimum absolute atomic E-state index is 0.155. The molecule has 0 aromatic heterocycles. The van der Waals surface area contributed by atoms with Gasteiger partial charge in [-0.25, -0.2) is 0 Å². The summed E-state index contributed by atoms with van der Waals surface area (Å²) in [6.07, 6.45) is 4.76. The van der Waals surface area contributed by atoms with Crippen molar-refractivity contribution in [2.45, 2.75) is 91.0 Å². The summed E-state index contributed by atoms with van der Waals surface area (Å²) < 4.78 is 6.03. The molecule has 0 saturated carbocycles. The molecule has 130 valence electrons. The number of unbranched alkanes of at least 4 members (excludes halogenated alkanes) is 1. The van der Waals surface area contributed by atoms with Gasteiger partial charge in [-0.05, 0) is 51.2 Å². The molecule has 0 bridgehead atoms. The molecule has 0 heterocycles. The van der Waals surface area contributed by atoms with E-state index in [0.717, 1.165) is 12.8 Å². The van der Waals surface area contributed by atoms with Gasteiger partial charge in [0, 0.05) is 19.4 Å². The Labute approximate surface area is 138 Å². The van der Waals surface area contributed by atoms with E-state index in [1.54, 1.807) is 0 Å². The molecular formula is C18H36O3Si. The van der Waals surface area contributed by atoms with Crippen LogP contribution >= 0.6 is 0 Å². The lowest BCUT2D eigenvalue weighted by atomic mass is 10.1. The summed E-state index contributed by atoms with van der Waals surface area (Å²) >= 11 is 0. The van der Waals surface area contributed by atoms with Crippen molar-refractivity contribution in [1.29, 1.82) is 0 Å². The topological polar surface area (TPSA) is 46.5 Å². The average molecular weight is 329 g/mol. The van der Waals surface area contributed by atoms with Crippen molar-refractivity contribution in [3.8, 4) is 0 Å². The van der Waals surface area contributed by atoms with E-state index in [0.29, 0.717) is 19.4 Å². The number of allylic oxidation sites excluding steroid dienone is 2. The van der Waals surface area contributed by atoms with Crippen molar-refractivity contribution in [3.05, 3.63) is 11.6 Å². The Kier molecular flexibility index (Phi) is 9.44. The molecule has 1 atom stereocenters. The van der Waals surface area contributed by atoms with E-state index in [9.17, 15) is 9.90 Å². The third-order valence-electron chi connectivity index (χ3n) is 4.40. The number of carbonyl (C=O) groups excluding carboxylic acids is 1. The first-order chi connectivity index (χ1) is 9.95. The van der Waals surface area contributed by atoms with Crippen LogP contribution in [0.5, 0.6) is 0 Å². The van der Waals surface area contributed by atoms with Gasteiger partial charge in [0.05, 0.1) is 6.10 Å². The van der Waals surface area contributed by atoms with Crippen molar-refractivity contribution in [2.75, 3.05) is 6.61 Å². The zero-order valence-electron chi connectivity index (χ0n) is 15.7. The van der Waals surface area contributed by atoms with Gasteiger partial charge < -0.3 is 9.53 Å². The molecule has 0 aliphatic heterocycles. The summed E-state index contributed by atoms with van der Waals surface area (Å²) in [5, 5.41) is 10.1. The fourth-order valence-corrected chi connectivity index (χ4v) is 2.88. The fraction of sp³-hybridized carbons (Fsp3) is 0.833. The largest absolute Gasteiger partial charge is 0.417 e.